The normalized spacial score (nSPS) is 17.8. The highest BCUT2D eigenvalue weighted by Gasteiger charge is 2.28. The Bertz CT molecular complexity index is 618. The Hall–Kier alpha value is -2.15. The minimum atomic E-state index is -0.0611. The number of carbonyl (C=O) groups excluding carboxylic acids is 1. The summed E-state index contributed by atoms with van der Waals surface area (Å²) in [6.45, 7) is 1.25. The number of carbonyl (C=O) groups is 1. The number of nitrogens with zero attached hydrogens (tertiary/aromatic N) is 3. The number of ether oxygens (including phenoxy) is 2. The molecule has 1 aliphatic rings. The van der Waals surface area contributed by atoms with Gasteiger partial charge in [-0.25, -0.2) is 0 Å². The maximum atomic E-state index is 12.2. The van der Waals surface area contributed by atoms with Crippen LogP contribution in [0.15, 0.2) is 29.2 Å². The molecule has 0 aromatic carbocycles. The van der Waals surface area contributed by atoms with Crippen molar-refractivity contribution in [1.82, 2.24) is 14.9 Å². The second kappa shape index (κ2) is 6.09. The zero-order valence-corrected chi connectivity index (χ0v) is 12.4. The fourth-order valence-corrected chi connectivity index (χ4v) is 2.86. The number of hydrogen-bond donors (Lipinski definition) is 0. The summed E-state index contributed by atoms with van der Waals surface area (Å²) < 4.78 is 10.8. The molecule has 1 fully saturated rings. The van der Waals surface area contributed by atoms with Gasteiger partial charge in [0, 0.05) is 18.3 Å². The van der Waals surface area contributed by atoms with Crippen molar-refractivity contribution >= 4 is 17.2 Å². The minimum Gasteiger partial charge on any atom is -0.480 e. The van der Waals surface area contributed by atoms with Gasteiger partial charge in [-0.2, -0.15) is 16.3 Å². The van der Waals surface area contributed by atoms with Crippen LogP contribution in [0.2, 0.25) is 0 Å². The Balaban J connectivity index is 1.60. The molecule has 2 aromatic rings. The van der Waals surface area contributed by atoms with Gasteiger partial charge in [-0.1, -0.05) is 0 Å². The first kappa shape index (κ1) is 13.8. The second-order valence-corrected chi connectivity index (χ2v) is 5.47. The van der Waals surface area contributed by atoms with Gasteiger partial charge >= 0.3 is 0 Å². The van der Waals surface area contributed by atoms with Gasteiger partial charge in [0.15, 0.2) is 0 Å². The molecule has 1 aliphatic heterocycles. The predicted octanol–water partition coefficient (Wildman–Crippen LogP) is 1.84. The lowest BCUT2D eigenvalue weighted by atomic mass is 10.3. The van der Waals surface area contributed by atoms with E-state index in [1.165, 1.54) is 24.6 Å². The highest BCUT2D eigenvalue weighted by atomic mass is 32.1. The molecule has 21 heavy (non-hydrogen) atoms. The van der Waals surface area contributed by atoms with E-state index < -0.39 is 0 Å². The molecule has 1 amide bonds. The SMILES string of the molecule is COc1cncc(O[C@H]2CCN(C(=O)c3ccsc3)C2)n1. The Kier molecular flexibility index (Phi) is 4.01. The zero-order chi connectivity index (χ0) is 14.7. The van der Waals surface area contributed by atoms with Crippen LogP contribution in [-0.2, 0) is 0 Å². The van der Waals surface area contributed by atoms with E-state index in [1.807, 2.05) is 16.8 Å². The van der Waals surface area contributed by atoms with E-state index in [0.29, 0.717) is 24.8 Å². The Labute approximate surface area is 126 Å². The molecule has 1 atom stereocenters. The van der Waals surface area contributed by atoms with Gasteiger partial charge in [-0.05, 0) is 11.4 Å². The van der Waals surface area contributed by atoms with Crippen molar-refractivity contribution in [2.75, 3.05) is 20.2 Å². The summed E-state index contributed by atoms with van der Waals surface area (Å²) in [5, 5.41) is 3.77. The number of hydrogen-bond acceptors (Lipinski definition) is 6. The quantitative estimate of drug-likeness (QED) is 0.862. The first-order valence-electron chi connectivity index (χ1n) is 6.60. The van der Waals surface area contributed by atoms with Crippen molar-refractivity contribution in [3.8, 4) is 11.8 Å². The van der Waals surface area contributed by atoms with E-state index in [9.17, 15) is 4.79 Å². The number of likely N-dealkylation sites (tertiary alicyclic amines) is 1. The van der Waals surface area contributed by atoms with Crippen LogP contribution in [-0.4, -0.2) is 47.1 Å². The third-order valence-electron chi connectivity index (χ3n) is 3.29. The molecule has 0 unspecified atom stereocenters. The topological polar surface area (TPSA) is 64.6 Å². The van der Waals surface area contributed by atoms with Gasteiger partial charge < -0.3 is 14.4 Å². The van der Waals surface area contributed by atoms with Gasteiger partial charge in [-0.3, -0.25) is 9.78 Å². The molecule has 110 valence electrons. The Morgan fingerprint density at radius 2 is 2.29 bits per heavy atom. The molecule has 0 saturated carbocycles. The van der Waals surface area contributed by atoms with Crippen molar-refractivity contribution < 1.29 is 14.3 Å². The van der Waals surface area contributed by atoms with E-state index in [4.69, 9.17) is 9.47 Å². The van der Waals surface area contributed by atoms with E-state index in [1.54, 1.807) is 11.1 Å². The molecule has 7 heteroatoms. The minimum absolute atomic E-state index is 0.0547. The van der Waals surface area contributed by atoms with Crippen LogP contribution in [0.3, 0.4) is 0 Å². The third-order valence-corrected chi connectivity index (χ3v) is 3.97. The fourth-order valence-electron chi connectivity index (χ4n) is 2.23. The summed E-state index contributed by atoms with van der Waals surface area (Å²) >= 11 is 1.52. The van der Waals surface area contributed by atoms with E-state index in [2.05, 4.69) is 9.97 Å². The lowest BCUT2D eigenvalue weighted by Crippen LogP contribution is -2.30. The number of methoxy groups -OCH3 is 1. The van der Waals surface area contributed by atoms with Gasteiger partial charge in [0.1, 0.15) is 6.10 Å². The molecule has 0 bridgehead atoms. The third kappa shape index (κ3) is 3.13. The summed E-state index contributed by atoms with van der Waals surface area (Å²) in [6.07, 6.45) is 3.79. The molecule has 3 rings (SSSR count). The van der Waals surface area contributed by atoms with Crippen LogP contribution in [0.4, 0.5) is 0 Å². The smallest absolute Gasteiger partial charge is 0.254 e. The Morgan fingerprint density at radius 3 is 3.05 bits per heavy atom. The van der Waals surface area contributed by atoms with Gasteiger partial charge in [-0.15, -0.1) is 0 Å². The van der Waals surface area contributed by atoms with Crippen LogP contribution in [0.25, 0.3) is 0 Å². The molecule has 3 heterocycles. The summed E-state index contributed by atoms with van der Waals surface area (Å²) in [4.78, 5) is 22.2. The molecule has 0 aliphatic carbocycles. The van der Waals surface area contributed by atoms with E-state index >= 15 is 0 Å². The number of aromatic nitrogens is 2. The molecule has 2 aromatic heterocycles. The summed E-state index contributed by atoms with van der Waals surface area (Å²) in [5.41, 5.74) is 0.738. The monoisotopic (exact) mass is 305 g/mol. The summed E-state index contributed by atoms with van der Waals surface area (Å²) in [7, 11) is 1.53. The molecule has 1 saturated heterocycles. The molecular formula is C14H15N3O3S. The predicted molar refractivity (Wildman–Crippen MR) is 77.8 cm³/mol. The van der Waals surface area contributed by atoms with Crippen molar-refractivity contribution in [3.63, 3.8) is 0 Å². The lowest BCUT2D eigenvalue weighted by molar-refractivity contribution is 0.0771. The lowest BCUT2D eigenvalue weighted by Gasteiger charge is -2.16. The fraction of sp³-hybridized carbons (Fsp3) is 0.357. The van der Waals surface area contributed by atoms with Gasteiger partial charge in [0.05, 0.1) is 31.6 Å². The van der Waals surface area contributed by atoms with Crippen molar-refractivity contribution in [2.45, 2.75) is 12.5 Å². The average molecular weight is 305 g/mol. The molecule has 0 N–H and O–H groups in total. The van der Waals surface area contributed by atoms with Gasteiger partial charge in [0.25, 0.3) is 5.91 Å². The first-order chi connectivity index (χ1) is 10.3. The standard InChI is InChI=1S/C14H15N3O3S/c1-19-12-6-15-7-13(16-12)20-11-2-4-17(8-11)14(18)10-3-5-21-9-10/h3,5-7,9,11H,2,4,8H2,1H3/t11-/m0/s1. The van der Waals surface area contributed by atoms with Crippen LogP contribution in [0, 0.1) is 0 Å². The molecule has 0 radical (unpaired) electrons. The summed E-state index contributed by atoms with van der Waals surface area (Å²) in [6, 6.07) is 1.84. The second-order valence-electron chi connectivity index (χ2n) is 4.69. The number of amides is 1. The largest absolute Gasteiger partial charge is 0.480 e. The van der Waals surface area contributed by atoms with Crippen LogP contribution >= 0.6 is 11.3 Å². The zero-order valence-electron chi connectivity index (χ0n) is 11.6. The van der Waals surface area contributed by atoms with E-state index in [0.717, 1.165) is 12.0 Å². The Morgan fingerprint density at radius 1 is 1.43 bits per heavy atom. The first-order valence-corrected chi connectivity index (χ1v) is 7.54. The molecular weight excluding hydrogens is 290 g/mol. The van der Waals surface area contributed by atoms with Crippen molar-refractivity contribution in [3.05, 3.63) is 34.8 Å². The number of rotatable bonds is 4. The highest BCUT2D eigenvalue weighted by Crippen LogP contribution is 2.20. The van der Waals surface area contributed by atoms with E-state index in [-0.39, 0.29) is 12.0 Å². The number of thiophene rings is 1. The summed E-state index contributed by atoms with van der Waals surface area (Å²) in [5.74, 6) is 0.889. The highest BCUT2D eigenvalue weighted by molar-refractivity contribution is 7.08. The molecule has 0 spiro atoms. The van der Waals surface area contributed by atoms with Crippen LogP contribution in [0.5, 0.6) is 11.8 Å². The maximum absolute atomic E-state index is 12.2. The molecule has 6 nitrogen and oxygen atoms in total. The van der Waals surface area contributed by atoms with Crippen LogP contribution in [0.1, 0.15) is 16.8 Å². The van der Waals surface area contributed by atoms with Crippen LogP contribution < -0.4 is 9.47 Å². The average Bonchev–Trinajstić information content (AvgIpc) is 3.18. The van der Waals surface area contributed by atoms with Gasteiger partial charge in [0.2, 0.25) is 11.8 Å². The van der Waals surface area contributed by atoms with Crippen molar-refractivity contribution in [1.29, 1.82) is 0 Å². The van der Waals surface area contributed by atoms with Crippen molar-refractivity contribution in [2.24, 2.45) is 0 Å². The maximum Gasteiger partial charge on any atom is 0.254 e.